The van der Waals surface area contributed by atoms with Crippen molar-refractivity contribution in [1.82, 2.24) is 20.1 Å². The van der Waals surface area contributed by atoms with Crippen LogP contribution in [0.3, 0.4) is 0 Å². The molecule has 9 nitrogen and oxygen atoms in total. The molecule has 0 saturated heterocycles. The fourth-order valence-corrected chi connectivity index (χ4v) is 3.62. The molecule has 0 spiro atoms. The Kier molecular flexibility index (Phi) is 6.34. The normalized spacial score (nSPS) is 12.4. The third kappa shape index (κ3) is 4.41. The lowest BCUT2D eigenvalue weighted by Crippen LogP contribution is -2.35. The second-order valence-corrected chi connectivity index (χ2v) is 7.24. The number of amides is 1. The second-order valence-electron chi connectivity index (χ2n) is 7.24. The second kappa shape index (κ2) is 9.51. The summed E-state index contributed by atoms with van der Waals surface area (Å²) in [6.07, 6.45) is 0.605. The van der Waals surface area contributed by atoms with Crippen LogP contribution in [-0.4, -0.2) is 47.5 Å². The Morgan fingerprint density at radius 2 is 1.91 bits per heavy atom. The molecule has 1 aliphatic rings. The number of fused-ring (bicyclic) bond motifs is 1. The highest BCUT2D eigenvalue weighted by atomic mass is 16.5. The molecule has 1 N–H and O–H groups in total. The summed E-state index contributed by atoms with van der Waals surface area (Å²) in [4.78, 5) is 27.3. The number of hydrogen-bond donors (Lipinski definition) is 1. The lowest BCUT2D eigenvalue weighted by molar-refractivity contribution is 0.0945. The summed E-state index contributed by atoms with van der Waals surface area (Å²) >= 11 is 0. The highest BCUT2D eigenvalue weighted by Crippen LogP contribution is 2.28. The molecule has 2 aromatic carbocycles. The van der Waals surface area contributed by atoms with E-state index in [1.54, 1.807) is 7.11 Å². The van der Waals surface area contributed by atoms with Crippen molar-refractivity contribution >= 4 is 17.5 Å². The molecule has 1 amide bonds. The van der Waals surface area contributed by atoms with Gasteiger partial charge < -0.3 is 19.7 Å². The lowest BCUT2D eigenvalue weighted by Gasteiger charge is -2.17. The van der Waals surface area contributed by atoms with Crippen LogP contribution in [0, 0.1) is 0 Å². The Morgan fingerprint density at radius 3 is 2.66 bits per heavy atom. The number of carbonyl (C=O) groups excluding carboxylic acids is 1. The van der Waals surface area contributed by atoms with Crippen LogP contribution in [0.15, 0.2) is 53.3 Å². The summed E-state index contributed by atoms with van der Waals surface area (Å²) < 4.78 is 12.2. The summed E-state index contributed by atoms with van der Waals surface area (Å²) in [5.41, 5.74) is 1.26. The van der Waals surface area contributed by atoms with Gasteiger partial charge >= 0.3 is 0 Å². The van der Waals surface area contributed by atoms with E-state index in [2.05, 4.69) is 15.5 Å². The number of benzene rings is 2. The largest absolute Gasteiger partial charge is 0.497 e. The predicted octanol–water partition coefficient (Wildman–Crippen LogP) is 2.17. The molecule has 1 aliphatic heterocycles. The van der Waals surface area contributed by atoms with Gasteiger partial charge in [0, 0.05) is 25.3 Å². The summed E-state index contributed by atoms with van der Waals surface area (Å²) in [5, 5.41) is 10.9. The van der Waals surface area contributed by atoms with E-state index in [0.717, 1.165) is 22.7 Å². The van der Waals surface area contributed by atoms with Gasteiger partial charge in [0.05, 0.1) is 13.7 Å². The van der Waals surface area contributed by atoms with Gasteiger partial charge in [-0.2, -0.15) is 0 Å². The average Bonchev–Trinajstić information content (AvgIpc) is 3.25. The molecule has 32 heavy (non-hydrogen) atoms. The van der Waals surface area contributed by atoms with Crippen molar-refractivity contribution in [2.24, 2.45) is 0 Å². The van der Waals surface area contributed by atoms with Crippen LogP contribution in [0.5, 0.6) is 11.5 Å². The first kappa shape index (κ1) is 21.4. The molecule has 0 atom stereocenters. The van der Waals surface area contributed by atoms with Gasteiger partial charge in [0.1, 0.15) is 11.5 Å². The van der Waals surface area contributed by atoms with Crippen molar-refractivity contribution in [3.63, 3.8) is 0 Å². The zero-order valence-corrected chi connectivity index (χ0v) is 18.1. The highest BCUT2D eigenvalue weighted by molar-refractivity contribution is 5.91. The van der Waals surface area contributed by atoms with Gasteiger partial charge in [-0.05, 0) is 55.3 Å². The predicted molar refractivity (Wildman–Crippen MR) is 120 cm³/mol. The van der Waals surface area contributed by atoms with Crippen LogP contribution in [0.2, 0.25) is 0 Å². The first-order valence-electron chi connectivity index (χ1n) is 10.5. The molecule has 0 saturated carbocycles. The highest BCUT2D eigenvalue weighted by Gasteiger charge is 2.27. The van der Waals surface area contributed by atoms with E-state index < -0.39 is 11.5 Å². The van der Waals surface area contributed by atoms with Crippen molar-refractivity contribution in [2.75, 3.05) is 31.7 Å². The molecule has 4 rings (SSSR count). The Hall–Kier alpha value is -3.88. The van der Waals surface area contributed by atoms with Gasteiger partial charge in [0.2, 0.25) is 11.6 Å². The van der Waals surface area contributed by atoms with Gasteiger partial charge in [-0.1, -0.05) is 12.1 Å². The van der Waals surface area contributed by atoms with Crippen LogP contribution in [0.1, 0.15) is 23.0 Å². The molecule has 166 valence electrons. The quantitative estimate of drug-likeness (QED) is 0.579. The number of hydrogen-bond acceptors (Lipinski definition) is 7. The number of nitrogens with one attached hydrogen (secondary N) is 1. The van der Waals surface area contributed by atoms with E-state index in [0.29, 0.717) is 38.6 Å². The molecule has 0 radical (unpaired) electrons. The first-order chi connectivity index (χ1) is 15.6. The number of nitrogens with zero attached hydrogens (tertiary/aromatic N) is 4. The Bertz CT molecular complexity index is 1160. The summed E-state index contributed by atoms with van der Waals surface area (Å²) in [5.74, 6) is 1.43. The third-order valence-corrected chi connectivity index (χ3v) is 5.23. The van der Waals surface area contributed by atoms with E-state index in [9.17, 15) is 9.59 Å². The number of ether oxygens (including phenoxy) is 2. The molecule has 0 unspecified atom stereocenters. The summed E-state index contributed by atoms with van der Waals surface area (Å²) in [7, 11) is 1.61. The minimum absolute atomic E-state index is 0.201. The zero-order chi connectivity index (χ0) is 22.5. The maximum Gasteiger partial charge on any atom is 0.286 e. The molecule has 1 aromatic heterocycles. The van der Waals surface area contributed by atoms with Gasteiger partial charge in [0.25, 0.3) is 11.5 Å². The number of aromatic nitrogens is 3. The number of carbonyl (C=O) groups is 1. The van der Waals surface area contributed by atoms with Gasteiger partial charge in [-0.3, -0.25) is 14.2 Å². The Morgan fingerprint density at radius 1 is 1.09 bits per heavy atom. The Balaban J connectivity index is 1.44. The van der Waals surface area contributed by atoms with Crippen LogP contribution in [0.4, 0.5) is 11.6 Å². The monoisotopic (exact) mass is 435 g/mol. The SMILES string of the molecule is CCOc1ccc(N2CCn3c2nnc(C(=O)NCCc2cccc(OC)c2)c3=O)cc1. The standard InChI is InChI=1S/C23H25N5O4/c1-3-32-18-9-7-17(8-10-18)27-13-14-28-22(30)20(25-26-23(27)28)21(29)24-12-11-16-5-4-6-19(15-16)31-2/h4-10,15H,3,11-14H2,1-2H3,(H,24,29). The molecule has 3 aromatic rings. The van der Waals surface area contributed by atoms with Crippen LogP contribution in [0.25, 0.3) is 0 Å². The topological polar surface area (TPSA) is 98.6 Å². The molecule has 9 heteroatoms. The fourth-order valence-electron chi connectivity index (χ4n) is 3.62. The van der Waals surface area contributed by atoms with Crippen molar-refractivity contribution < 1.29 is 14.3 Å². The molecule has 0 bridgehead atoms. The molecule has 0 fully saturated rings. The lowest BCUT2D eigenvalue weighted by atomic mass is 10.1. The Labute approximate surface area is 185 Å². The van der Waals surface area contributed by atoms with E-state index in [1.165, 1.54) is 4.57 Å². The van der Waals surface area contributed by atoms with Crippen molar-refractivity contribution in [3.05, 3.63) is 70.1 Å². The van der Waals surface area contributed by atoms with Crippen LogP contribution in [-0.2, 0) is 13.0 Å². The fraction of sp³-hybridized carbons (Fsp3) is 0.304. The maximum atomic E-state index is 12.9. The smallest absolute Gasteiger partial charge is 0.286 e. The summed E-state index contributed by atoms with van der Waals surface area (Å²) in [6, 6.07) is 15.2. The number of methoxy groups -OCH3 is 1. The molecular weight excluding hydrogens is 410 g/mol. The molecule has 2 heterocycles. The van der Waals surface area contributed by atoms with Crippen molar-refractivity contribution in [3.8, 4) is 11.5 Å². The maximum absolute atomic E-state index is 12.9. The first-order valence-corrected chi connectivity index (χ1v) is 10.5. The van der Waals surface area contributed by atoms with Gasteiger partial charge in [-0.15, -0.1) is 10.2 Å². The minimum atomic E-state index is -0.528. The number of anilines is 2. The minimum Gasteiger partial charge on any atom is -0.497 e. The van der Waals surface area contributed by atoms with Gasteiger partial charge in [-0.25, -0.2) is 0 Å². The molecular formula is C23H25N5O4. The van der Waals surface area contributed by atoms with Crippen molar-refractivity contribution in [1.29, 1.82) is 0 Å². The average molecular weight is 435 g/mol. The van der Waals surface area contributed by atoms with Crippen LogP contribution < -0.4 is 25.2 Å². The van der Waals surface area contributed by atoms with E-state index >= 15 is 0 Å². The summed E-state index contributed by atoms with van der Waals surface area (Å²) in [6.45, 7) is 3.89. The zero-order valence-electron chi connectivity index (χ0n) is 18.1. The van der Waals surface area contributed by atoms with Crippen molar-refractivity contribution in [2.45, 2.75) is 19.9 Å². The number of rotatable bonds is 8. The molecule has 0 aliphatic carbocycles. The van der Waals surface area contributed by atoms with Gasteiger partial charge in [0.15, 0.2) is 0 Å². The third-order valence-electron chi connectivity index (χ3n) is 5.23. The van der Waals surface area contributed by atoms with E-state index in [-0.39, 0.29) is 5.69 Å². The van der Waals surface area contributed by atoms with Crippen LogP contribution >= 0.6 is 0 Å². The van der Waals surface area contributed by atoms with E-state index in [4.69, 9.17) is 9.47 Å². The van der Waals surface area contributed by atoms with E-state index in [1.807, 2.05) is 60.4 Å².